The van der Waals surface area contributed by atoms with Crippen molar-refractivity contribution >= 4 is 0 Å². The molecule has 0 aliphatic rings. The quantitative estimate of drug-likeness (QED) is 0.473. The molecule has 0 saturated carbocycles. The Morgan fingerprint density at radius 2 is 1.45 bits per heavy atom. The van der Waals surface area contributed by atoms with Gasteiger partial charge in [-0.25, -0.2) is 4.57 Å². The van der Waals surface area contributed by atoms with E-state index in [-0.39, 0.29) is 17.0 Å². The number of halogens is 1. The lowest BCUT2D eigenvalue weighted by molar-refractivity contribution is -0.703. The Bertz CT molecular complexity index is 484. The Balaban J connectivity index is 0.00000242. The molecule has 0 aliphatic heterocycles. The minimum atomic E-state index is 0. The second kappa shape index (κ2) is 11.4. The maximum absolute atomic E-state index is 2.37. The molecule has 2 heteroatoms. The summed E-state index contributed by atoms with van der Waals surface area (Å²) in [6.45, 7) is 3.51. The summed E-state index contributed by atoms with van der Waals surface area (Å²) in [6.07, 6.45) is 12.3. The van der Waals surface area contributed by atoms with Crippen LogP contribution in [0.2, 0.25) is 0 Å². The highest BCUT2D eigenvalue weighted by Crippen LogP contribution is 2.12. The van der Waals surface area contributed by atoms with E-state index < -0.39 is 0 Å². The molecule has 120 valence electrons. The van der Waals surface area contributed by atoms with Gasteiger partial charge in [0.15, 0.2) is 18.9 Å². The zero-order chi connectivity index (χ0) is 14.8. The summed E-state index contributed by atoms with van der Waals surface area (Å²) in [7, 11) is 0. The van der Waals surface area contributed by atoms with Gasteiger partial charge < -0.3 is 17.0 Å². The predicted molar refractivity (Wildman–Crippen MR) is 89.0 cm³/mol. The third-order valence-electron chi connectivity index (χ3n) is 4.05. The van der Waals surface area contributed by atoms with Crippen LogP contribution >= 0.6 is 0 Å². The number of pyridine rings is 1. The van der Waals surface area contributed by atoms with Gasteiger partial charge in [0.1, 0.15) is 0 Å². The van der Waals surface area contributed by atoms with Gasteiger partial charge in [0, 0.05) is 18.1 Å². The Morgan fingerprint density at radius 3 is 2.18 bits per heavy atom. The molecule has 1 unspecified atom stereocenters. The maximum atomic E-state index is 2.37. The van der Waals surface area contributed by atoms with Crippen LogP contribution in [0.25, 0.3) is 0 Å². The summed E-state index contributed by atoms with van der Waals surface area (Å²) >= 11 is 0. The molecule has 22 heavy (non-hydrogen) atoms. The van der Waals surface area contributed by atoms with Crippen LogP contribution in [0, 0.1) is 5.92 Å². The third kappa shape index (κ3) is 7.74. The van der Waals surface area contributed by atoms with E-state index >= 15 is 0 Å². The zero-order valence-corrected chi connectivity index (χ0v) is 15.2. The molecule has 1 aromatic carbocycles. The van der Waals surface area contributed by atoms with Crippen molar-refractivity contribution in [1.82, 2.24) is 0 Å². The van der Waals surface area contributed by atoms with Crippen LogP contribution in [0.5, 0.6) is 0 Å². The summed E-state index contributed by atoms with van der Waals surface area (Å²) in [5, 5.41) is 0. The van der Waals surface area contributed by atoms with Crippen LogP contribution in [0.3, 0.4) is 0 Å². The molecular formula is C20H28BrN. The molecule has 2 aromatic rings. The van der Waals surface area contributed by atoms with Crippen molar-refractivity contribution in [2.75, 3.05) is 0 Å². The fourth-order valence-corrected chi connectivity index (χ4v) is 2.83. The van der Waals surface area contributed by atoms with Crippen LogP contribution in [-0.4, -0.2) is 0 Å². The average molecular weight is 362 g/mol. The fourth-order valence-electron chi connectivity index (χ4n) is 2.83. The second-order valence-corrected chi connectivity index (χ2v) is 6.12. The smallest absolute Gasteiger partial charge is 0.168 e. The number of unbranched alkanes of at least 4 members (excludes halogenated alkanes) is 3. The van der Waals surface area contributed by atoms with Gasteiger partial charge in [-0.1, -0.05) is 62.6 Å². The van der Waals surface area contributed by atoms with Gasteiger partial charge in [-0.3, -0.25) is 0 Å². The Hall–Kier alpha value is -1.15. The first-order valence-electron chi connectivity index (χ1n) is 8.32. The van der Waals surface area contributed by atoms with E-state index in [0.717, 1.165) is 12.5 Å². The van der Waals surface area contributed by atoms with Crippen LogP contribution in [0.1, 0.15) is 44.6 Å². The van der Waals surface area contributed by atoms with Crippen molar-refractivity contribution in [3.8, 4) is 0 Å². The van der Waals surface area contributed by atoms with E-state index in [9.17, 15) is 0 Å². The SMILES string of the molecule is CC(CCCCCCc1ccccc1)C[n+]1ccccc1.[Br-]. The number of nitrogens with zero attached hydrogens (tertiary/aromatic N) is 1. The number of aryl methyl sites for hydroxylation is 1. The van der Waals surface area contributed by atoms with E-state index in [1.54, 1.807) is 0 Å². The standard InChI is InChI=1S/C20H28N.BrH/c1-19(18-21-16-10-5-11-17-21)12-6-2-3-7-13-20-14-8-4-9-15-20;/h4-5,8-11,14-17,19H,2-3,6-7,12-13,18H2,1H3;1H/q+1;/p-1. The lowest BCUT2D eigenvalue weighted by Gasteiger charge is -2.08. The summed E-state index contributed by atoms with van der Waals surface area (Å²) in [4.78, 5) is 0. The van der Waals surface area contributed by atoms with Gasteiger partial charge in [0.25, 0.3) is 0 Å². The van der Waals surface area contributed by atoms with Crippen molar-refractivity contribution in [3.63, 3.8) is 0 Å². The maximum Gasteiger partial charge on any atom is 0.168 e. The number of benzene rings is 1. The minimum absolute atomic E-state index is 0. The van der Waals surface area contributed by atoms with Gasteiger partial charge in [-0.2, -0.15) is 0 Å². The van der Waals surface area contributed by atoms with Crippen LogP contribution in [0.15, 0.2) is 60.9 Å². The van der Waals surface area contributed by atoms with Gasteiger partial charge in [0.2, 0.25) is 0 Å². The topological polar surface area (TPSA) is 3.88 Å². The largest absolute Gasteiger partial charge is 1.00 e. The summed E-state index contributed by atoms with van der Waals surface area (Å²) in [5.74, 6) is 0.770. The molecule has 0 amide bonds. The van der Waals surface area contributed by atoms with Gasteiger partial charge in [-0.15, -0.1) is 0 Å². The number of hydrogen-bond donors (Lipinski definition) is 0. The van der Waals surface area contributed by atoms with Crippen molar-refractivity contribution in [2.24, 2.45) is 5.92 Å². The molecular weight excluding hydrogens is 334 g/mol. The highest BCUT2D eigenvalue weighted by molar-refractivity contribution is 5.14. The Labute approximate surface area is 146 Å². The van der Waals surface area contributed by atoms with E-state index in [2.05, 4.69) is 72.4 Å². The van der Waals surface area contributed by atoms with Crippen molar-refractivity contribution in [3.05, 3.63) is 66.5 Å². The molecule has 2 rings (SSSR count). The number of hydrogen-bond acceptors (Lipinski definition) is 0. The third-order valence-corrected chi connectivity index (χ3v) is 4.05. The van der Waals surface area contributed by atoms with Crippen molar-refractivity contribution in [1.29, 1.82) is 0 Å². The molecule has 0 saturated heterocycles. The molecule has 0 spiro atoms. The van der Waals surface area contributed by atoms with Gasteiger partial charge in [0.05, 0.1) is 0 Å². The Morgan fingerprint density at radius 1 is 0.818 bits per heavy atom. The highest BCUT2D eigenvalue weighted by Gasteiger charge is 2.07. The lowest BCUT2D eigenvalue weighted by Crippen LogP contribution is -3.00. The molecule has 0 bridgehead atoms. The molecule has 0 N–H and O–H groups in total. The van der Waals surface area contributed by atoms with E-state index in [4.69, 9.17) is 0 Å². The first-order chi connectivity index (χ1) is 10.3. The second-order valence-electron chi connectivity index (χ2n) is 6.12. The molecule has 0 fully saturated rings. The zero-order valence-electron chi connectivity index (χ0n) is 13.6. The first-order valence-corrected chi connectivity index (χ1v) is 8.32. The molecule has 0 radical (unpaired) electrons. The molecule has 1 nitrogen and oxygen atoms in total. The molecule has 1 heterocycles. The van der Waals surface area contributed by atoms with Gasteiger partial charge >= 0.3 is 0 Å². The molecule has 1 aromatic heterocycles. The summed E-state index contributed by atoms with van der Waals surface area (Å²) in [6, 6.07) is 17.1. The van der Waals surface area contributed by atoms with Crippen molar-refractivity contribution in [2.45, 2.75) is 52.0 Å². The van der Waals surface area contributed by atoms with Crippen LogP contribution < -0.4 is 21.5 Å². The predicted octanol–water partition coefficient (Wildman–Crippen LogP) is 1.81. The normalized spacial score (nSPS) is 11.7. The lowest BCUT2D eigenvalue weighted by atomic mass is 10.0. The van der Waals surface area contributed by atoms with E-state index in [0.29, 0.717) is 0 Å². The number of rotatable bonds is 9. The van der Waals surface area contributed by atoms with Crippen molar-refractivity contribution < 1.29 is 21.5 Å². The van der Waals surface area contributed by atoms with Crippen LogP contribution in [-0.2, 0) is 13.0 Å². The summed E-state index contributed by atoms with van der Waals surface area (Å²) in [5.41, 5.74) is 1.48. The minimum Gasteiger partial charge on any atom is -1.00 e. The first kappa shape index (κ1) is 18.9. The number of aromatic nitrogens is 1. The Kier molecular flexibility index (Phi) is 9.81. The average Bonchev–Trinajstić information content (AvgIpc) is 2.53. The summed E-state index contributed by atoms with van der Waals surface area (Å²) < 4.78 is 2.29. The monoisotopic (exact) mass is 361 g/mol. The molecule has 1 atom stereocenters. The fraction of sp³-hybridized carbons (Fsp3) is 0.450. The van der Waals surface area contributed by atoms with E-state index in [1.165, 1.54) is 44.1 Å². The van der Waals surface area contributed by atoms with Gasteiger partial charge in [-0.05, 0) is 24.8 Å². The van der Waals surface area contributed by atoms with Crippen LogP contribution in [0.4, 0.5) is 0 Å². The van der Waals surface area contributed by atoms with E-state index in [1.807, 2.05) is 0 Å². The highest BCUT2D eigenvalue weighted by atomic mass is 79.9. The molecule has 0 aliphatic carbocycles.